The Labute approximate surface area is 240 Å². The van der Waals surface area contributed by atoms with Crippen LogP contribution >= 0.6 is 0 Å². The topological polar surface area (TPSA) is 95.6 Å². The number of likely N-dealkylation sites (N-methyl/N-ethyl adjacent to an activating group) is 1. The quantitative estimate of drug-likeness (QED) is 0.335. The molecule has 0 bridgehead atoms. The first kappa shape index (κ1) is 28.0. The number of anilines is 2. The van der Waals surface area contributed by atoms with E-state index < -0.39 is 0 Å². The van der Waals surface area contributed by atoms with Crippen molar-refractivity contribution in [2.75, 3.05) is 50.6 Å². The van der Waals surface area contributed by atoms with Crippen LogP contribution in [0.3, 0.4) is 0 Å². The molecular weight excluding hydrogens is 516 g/mol. The molecule has 1 amide bonds. The molecule has 1 N–H and O–H groups in total. The summed E-state index contributed by atoms with van der Waals surface area (Å²) in [4.78, 5) is 22.7. The number of nitrogens with zero attached hydrogens (tertiary/aromatic N) is 5. The number of hydrogen-bond acceptors (Lipinski definition) is 7. The fourth-order valence-electron chi connectivity index (χ4n) is 5.12. The van der Waals surface area contributed by atoms with Crippen LogP contribution in [0.2, 0.25) is 0 Å². The number of piperazine rings is 1. The van der Waals surface area contributed by atoms with Gasteiger partial charge in [0.15, 0.2) is 11.5 Å². The van der Waals surface area contributed by atoms with E-state index in [0.29, 0.717) is 34.2 Å². The number of fused-ring (bicyclic) bond motifs is 1. The number of pyridine rings is 1. The van der Waals surface area contributed by atoms with Gasteiger partial charge in [0, 0.05) is 50.9 Å². The average molecular weight is 553 g/mol. The van der Waals surface area contributed by atoms with Crippen molar-refractivity contribution in [3.05, 3.63) is 71.5 Å². The Morgan fingerprint density at radius 2 is 1.80 bits per heavy atom. The van der Waals surface area contributed by atoms with Crippen LogP contribution in [0.5, 0.6) is 17.2 Å². The zero-order valence-electron chi connectivity index (χ0n) is 24.5. The van der Waals surface area contributed by atoms with Gasteiger partial charge in [0.1, 0.15) is 23.3 Å². The molecule has 4 aromatic rings. The van der Waals surface area contributed by atoms with Crippen LogP contribution in [0.15, 0.2) is 54.7 Å². The number of aromatic nitrogens is 2. The number of hydrogen-bond donors (Lipinski definition) is 1. The monoisotopic (exact) mass is 552 g/mol. The minimum absolute atomic E-state index is 0.222. The third kappa shape index (κ3) is 5.70. The Morgan fingerprint density at radius 1 is 1.05 bits per heavy atom. The number of nitriles is 1. The second kappa shape index (κ2) is 11.1. The van der Waals surface area contributed by atoms with Gasteiger partial charge in [0.2, 0.25) is 0 Å². The van der Waals surface area contributed by atoms with Crippen molar-refractivity contribution in [1.82, 2.24) is 14.5 Å². The Bertz CT molecular complexity index is 1640. The standard InChI is InChI=1S/C32H36N6O3/c1-32(2,3)23-16-22(20-33)30(40-6)25(18-23)35-31(39)26-17-21-8-7-9-27(29(21)37(26)5)41-24-10-11-34-28(19-24)38-14-12-36(4)13-15-38/h7-11,16-19H,12-15H2,1-6H3,(H,35,39). The fourth-order valence-corrected chi connectivity index (χ4v) is 5.12. The van der Waals surface area contributed by atoms with Crippen LogP contribution in [0, 0.1) is 11.3 Å². The molecule has 9 nitrogen and oxygen atoms in total. The summed E-state index contributed by atoms with van der Waals surface area (Å²) < 4.78 is 13.7. The molecule has 2 aromatic carbocycles. The predicted molar refractivity (Wildman–Crippen MR) is 161 cm³/mol. The van der Waals surface area contributed by atoms with Crippen LogP contribution in [0.25, 0.3) is 10.9 Å². The molecular formula is C32H36N6O3. The lowest BCUT2D eigenvalue weighted by Crippen LogP contribution is -2.44. The van der Waals surface area contributed by atoms with E-state index in [1.807, 2.05) is 60.1 Å². The van der Waals surface area contributed by atoms with Gasteiger partial charge in [-0.15, -0.1) is 0 Å². The van der Waals surface area contributed by atoms with E-state index in [2.05, 4.69) is 54.0 Å². The molecule has 2 aromatic heterocycles. The van der Waals surface area contributed by atoms with E-state index >= 15 is 0 Å². The molecule has 3 heterocycles. The Balaban J connectivity index is 1.45. The maximum absolute atomic E-state index is 13.6. The van der Waals surface area contributed by atoms with E-state index in [1.54, 1.807) is 6.20 Å². The number of methoxy groups -OCH3 is 1. The lowest BCUT2D eigenvalue weighted by molar-refractivity contribution is 0.101. The maximum Gasteiger partial charge on any atom is 0.272 e. The smallest absolute Gasteiger partial charge is 0.272 e. The predicted octanol–water partition coefficient (Wildman–Crippen LogP) is 5.55. The van der Waals surface area contributed by atoms with Crippen LogP contribution in [-0.4, -0.2) is 60.7 Å². The maximum atomic E-state index is 13.6. The van der Waals surface area contributed by atoms with Crippen molar-refractivity contribution in [3.8, 4) is 23.3 Å². The lowest BCUT2D eigenvalue weighted by Gasteiger charge is -2.33. The fraction of sp³-hybridized carbons (Fsp3) is 0.344. The van der Waals surface area contributed by atoms with Crippen molar-refractivity contribution in [1.29, 1.82) is 5.26 Å². The van der Waals surface area contributed by atoms with Crippen molar-refractivity contribution in [3.63, 3.8) is 0 Å². The number of ether oxygens (including phenoxy) is 2. The summed E-state index contributed by atoms with van der Waals surface area (Å²) in [5, 5.41) is 13.6. The highest BCUT2D eigenvalue weighted by Gasteiger charge is 2.23. The van der Waals surface area contributed by atoms with Gasteiger partial charge in [-0.3, -0.25) is 4.79 Å². The molecule has 0 aliphatic carbocycles. The SMILES string of the molecule is COc1c(C#N)cc(C(C)(C)C)cc1NC(=O)c1cc2cccc(Oc3ccnc(N4CCN(C)CC4)c3)c2n1C. The highest BCUT2D eigenvalue weighted by atomic mass is 16.5. The van der Waals surface area contributed by atoms with E-state index in [1.165, 1.54) is 7.11 Å². The molecule has 9 heteroatoms. The van der Waals surface area contributed by atoms with Gasteiger partial charge in [-0.25, -0.2) is 4.98 Å². The second-order valence-electron chi connectivity index (χ2n) is 11.4. The van der Waals surface area contributed by atoms with Crippen LogP contribution in [0.1, 0.15) is 42.4 Å². The summed E-state index contributed by atoms with van der Waals surface area (Å²) in [5.41, 5.74) is 2.77. The van der Waals surface area contributed by atoms with Gasteiger partial charge in [0.05, 0.1) is 23.9 Å². The van der Waals surface area contributed by atoms with Crippen LogP contribution in [-0.2, 0) is 12.5 Å². The first-order valence-corrected chi connectivity index (χ1v) is 13.7. The summed E-state index contributed by atoms with van der Waals surface area (Å²) in [5.74, 6) is 2.23. The number of para-hydroxylation sites is 1. The van der Waals surface area contributed by atoms with Crippen molar-refractivity contribution in [2.24, 2.45) is 7.05 Å². The number of amides is 1. The number of benzene rings is 2. The Kier molecular flexibility index (Phi) is 7.61. The normalized spacial score (nSPS) is 14.1. The molecule has 1 aliphatic heterocycles. The second-order valence-corrected chi connectivity index (χ2v) is 11.4. The first-order chi connectivity index (χ1) is 19.6. The van der Waals surface area contributed by atoms with E-state index in [4.69, 9.17) is 9.47 Å². The van der Waals surface area contributed by atoms with E-state index in [0.717, 1.165) is 48.5 Å². The summed E-state index contributed by atoms with van der Waals surface area (Å²) in [6.45, 7) is 9.99. The molecule has 5 rings (SSSR count). The Hall–Kier alpha value is -4.55. The van der Waals surface area contributed by atoms with Crippen molar-refractivity contribution in [2.45, 2.75) is 26.2 Å². The molecule has 0 radical (unpaired) electrons. The third-order valence-corrected chi connectivity index (χ3v) is 7.55. The molecule has 1 aliphatic rings. The van der Waals surface area contributed by atoms with Gasteiger partial charge in [-0.1, -0.05) is 32.9 Å². The zero-order valence-corrected chi connectivity index (χ0v) is 24.5. The van der Waals surface area contributed by atoms with Crippen LogP contribution in [0.4, 0.5) is 11.5 Å². The van der Waals surface area contributed by atoms with Crippen molar-refractivity contribution < 1.29 is 14.3 Å². The summed E-state index contributed by atoms with van der Waals surface area (Å²) in [7, 11) is 5.47. The van der Waals surface area contributed by atoms with Gasteiger partial charge in [-0.05, 0) is 48.4 Å². The Morgan fingerprint density at radius 3 is 2.49 bits per heavy atom. The molecule has 41 heavy (non-hydrogen) atoms. The lowest BCUT2D eigenvalue weighted by atomic mass is 9.85. The summed E-state index contributed by atoms with van der Waals surface area (Å²) in [6, 6.07) is 17.3. The molecule has 1 fully saturated rings. The number of rotatable bonds is 6. The average Bonchev–Trinajstić information content (AvgIpc) is 3.30. The van der Waals surface area contributed by atoms with E-state index in [9.17, 15) is 10.1 Å². The minimum Gasteiger partial charge on any atom is -0.493 e. The molecule has 0 saturated carbocycles. The van der Waals surface area contributed by atoms with Crippen molar-refractivity contribution >= 4 is 28.3 Å². The number of carbonyl (C=O) groups is 1. The number of carbonyl (C=O) groups excluding carboxylic acids is 1. The summed E-state index contributed by atoms with van der Waals surface area (Å²) >= 11 is 0. The first-order valence-electron chi connectivity index (χ1n) is 13.7. The minimum atomic E-state index is -0.316. The van der Waals surface area contributed by atoms with Gasteiger partial charge < -0.3 is 29.2 Å². The zero-order chi connectivity index (χ0) is 29.3. The largest absolute Gasteiger partial charge is 0.493 e. The van der Waals surface area contributed by atoms with Crippen LogP contribution < -0.4 is 19.7 Å². The van der Waals surface area contributed by atoms with Gasteiger partial charge in [0.25, 0.3) is 5.91 Å². The van der Waals surface area contributed by atoms with Gasteiger partial charge in [-0.2, -0.15) is 5.26 Å². The van der Waals surface area contributed by atoms with E-state index in [-0.39, 0.29) is 11.3 Å². The number of aryl methyl sites for hydroxylation is 1. The third-order valence-electron chi connectivity index (χ3n) is 7.55. The molecule has 212 valence electrons. The highest BCUT2D eigenvalue weighted by Crippen LogP contribution is 2.36. The summed E-state index contributed by atoms with van der Waals surface area (Å²) in [6.07, 6.45) is 1.77. The number of nitrogens with one attached hydrogen (secondary N) is 1. The molecule has 1 saturated heterocycles. The molecule has 0 unspecified atom stereocenters. The highest BCUT2D eigenvalue weighted by molar-refractivity contribution is 6.08. The molecule has 0 atom stereocenters. The molecule has 0 spiro atoms. The van der Waals surface area contributed by atoms with Gasteiger partial charge >= 0.3 is 0 Å².